The number of nitrogens with zero attached hydrogens (tertiary/aromatic N) is 1. The summed E-state index contributed by atoms with van der Waals surface area (Å²) < 4.78 is 0. The average Bonchev–Trinajstić information content (AvgIpc) is 2.98. The first kappa shape index (κ1) is 11.7. The number of carbonyl (C=O) groups excluding carboxylic acids is 1. The summed E-state index contributed by atoms with van der Waals surface area (Å²) in [6, 6.07) is 0. The predicted molar refractivity (Wildman–Crippen MR) is 59.3 cm³/mol. The Morgan fingerprint density at radius 1 is 1.36 bits per heavy atom. The predicted octanol–water partition coefficient (Wildman–Crippen LogP) is 2.33. The number of hydrogen-bond acceptors (Lipinski definition) is 2. The monoisotopic (exact) mass is 197 g/mol. The van der Waals surface area contributed by atoms with Gasteiger partial charge in [-0.25, -0.2) is 0 Å². The van der Waals surface area contributed by atoms with Crippen LogP contribution in [0.25, 0.3) is 0 Å². The Morgan fingerprint density at radius 3 is 2.29 bits per heavy atom. The molecule has 0 heterocycles. The van der Waals surface area contributed by atoms with E-state index in [4.69, 9.17) is 0 Å². The molecule has 1 aliphatic rings. The highest BCUT2D eigenvalue weighted by Crippen LogP contribution is 2.31. The molecular formula is C12H23NO. The topological polar surface area (TPSA) is 20.3 Å². The van der Waals surface area contributed by atoms with E-state index in [0.29, 0.717) is 0 Å². The summed E-state index contributed by atoms with van der Waals surface area (Å²) in [4.78, 5) is 13.4. The SMILES string of the molecule is CCC(C=O)(CC)CN(C)CC1CC1. The van der Waals surface area contributed by atoms with Gasteiger partial charge in [-0.05, 0) is 38.6 Å². The van der Waals surface area contributed by atoms with E-state index in [9.17, 15) is 4.79 Å². The van der Waals surface area contributed by atoms with Crippen LogP contribution in [0.2, 0.25) is 0 Å². The molecule has 0 unspecified atom stereocenters. The van der Waals surface area contributed by atoms with Gasteiger partial charge in [0.15, 0.2) is 0 Å². The Labute approximate surface area is 87.7 Å². The fourth-order valence-corrected chi connectivity index (χ4v) is 2.02. The second kappa shape index (κ2) is 4.92. The Hall–Kier alpha value is -0.370. The van der Waals surface area contributed by atoms with Gasteiger partial charge in [-0.15, -0.1) is 0 Å². The van der Waals surface area contributed by atoms with Crippen molar-refractivity contribution in [3.63, 3.8) is 0 Å². The molecule has 2 nitrogen and oxygen atoms in total. The maximum Gasteiger partial charge on any atom is 0.127 e. The van der Waals surface area contributed by atoms with E-state index < -0.39 is 0 Å². The smallest absolute Gasteiger partial charge is 0.127 e. The van der Waals surface area contributed by atoms with Gasteiger partial charge in [0.1, 0.15) is 6.29 Å². The molecule has 14 heavy (non-hydrogen) atoms. The lowest BCUT2D eigenvalue weighted by molar-refractivity contribution is -0.117. The zero-order valence-electron chi connectivity index (χ0n) is 9.75. The number of carbonyl (C=O) groups is 1. The maximum atomic E-state index is 11.1. The van der Waals surface area contributed by atoms with Crippen molar-refractivity contribution in [1.29, 1.82) is 0 Å². The van der Waals surface area contributed by atoms with Gasteiger partial charge in [-0.3, -0.25) is 0 Å². The first-order valence-electron chi connectivity index (χ1n) is 5.80. The molecule has 0 aromatic heterocycles. The lowest BCUT2D eigenvalue weighted by Crippen LogP contribution is -2.37. The van der Waals surface area contributed by atoms with Crippen molar-refractivity contribution in [2.45, 2.75) is 39.5 Å². The van der Waals surface area contributed by atoms with E-state index in [1.807, 2.05) is 0 Å². The van der Waals surface area contributed by atoms with Gasteiger partial charge in [0, 0.05) is 18.5 Å². The maximum absolute atomic E-state index is 11.1. The number of rotatable bonds is 7. The molecule has 0 radical (unpaired) electrons. The summed E-state index contributed by atoms with van der Waals surface area (Å²) in [5.41, 5.74) is -0.0936. The van der Waals surface area contributed by atoms with Crippen molar-refractivity contribution < 1.29 is 4.79 Å². The van der Waals surface area contributed by atoms with Gasteiger partial charge in [-0.1, -0.05) is 13.8 Å². The third-order valence-electron chi connectivity index (χ3n) is 3.51. The standard InChI is InChI=1S/C12H23NO/c1-4-12(5-2,10-14)9-13(3)8-11-6-7-11/h10-11H,4-9H2,1-3H3. The highest BCUT2D eigenvalue weighted by Gasteiger charge is 2.29. The molecule has 1 fully saturated rings. The van der Waals surface area contributed by atoms with Gasteiger partial charge < -0.3 is 9.69 Å². The fraction of sp³-hybridized carbons (Fsp3) is 0.917. The molecule has 82 valence electrons. The lowest BCUT2D eigenvalue weighted by Gasteiger charge is -2.30. The molecule has 0 aliphatic heterocycles. The molecule has 0 atom stereocenters. The summed E-state index contributed by atoms with van der Waals surface area (Å²) in [7, 11) is 2.14. The van der Waals surface area contributed by atoms with E-state index in [1.165, 1.54) is 19.4 Å². The van der Waals surface area contributed by atoms with Crippen molar-refractivity contribution in [3.8, 4) is 0 Å². The van der Waals surface area contributed by atoms with Crippen LogP contribution in [0.1, 0.15) is 39.5 Å². The van der Waals surface area contributed by atoms with E-state index in [1.54, 1.807) is 0 Å². The molecule has 0 amide bonds. The van der Waals surface area contributed by atoms with Crippen LogP contribution in [0.4, 0.5) is 0 Å². The Morgan fingerprint density at radius 2 is 1.93 bits per heavy atom. The van der Waals surface area contributed by atoms with Crippen LogP contribution in [-0.4, -0.2) is 31.3 Å². The molecule has 0 bridgehead atoms. The largest absolute Gasteiger partial charge is 0.305 e. The quantitative estimate of drug-likeness (QED) is 0.584. The summed E-state index contributed by atoms with van der Waals surface area (Å²) in [5, 5.41) is 0. The first-order valence-corrected chi connectivity index (χ1v) is 5.80. The van der Waals surface area contributed by atoms with E-state index in [2.05, 4.69) is 25.8 Å². The Kier molecular flexibility index (Phi) is 4.11. The van der Waals surface area contributed by atoms with Crippen molar-refractivity contribution in [2.24, 2.45) is 11.3 Å². The Bertz CT molecular complexity index is 183. The zero-order valence-corrected chi connectivity index (χ0v) is 9.75. The number of hydrogen-bond donors (Lipinski definition) is 0. The third kappa shape index (κ3) is 3.09. The van der Waals surface area contributed by atoms with E-state index >= 15 is 0 Å². The second-order valence-corrected chi connectivity index (χ2v) is 4.83. The fourth-order valence-electron chi connectivity index (χ4n) is 2.02. The van der Waals surface area contributed by atoms with Gasteiger partial charge in [0.05, 0.1) is 0 Å². The molecule has 0 spiro atoms. The highest BCUT2D eigenvalue weighted by molar-refractivity contribution is 5.59. The van der Waals surface area contributed by atoms with E-state index in [0.717, 1.165) is 31.6 Å². The van der Waals surface area contributed by atoms with Crippen LogP contribution in [0.15, 0.2) is 0 Å². The summed E-state index contributed by atoms with van der Waals surface area (Å²) in [5.74, 6) is 0.915. The van der Waals surface area contributed by atoms with Crippen molar-refractivity contribution in [1.82, 2.24) is 4.90 Å². The average molecular weight is 197 g/mol. The van der Waals surface area contributed by atoms with Crippen LogP contribution in [0.3, 0.4) is 0 Å². The van der Waals surface area contributed by atoms with Gasteiger partial charge in [-0.2, -0.15) is 0 Å². The summed E-state index contributed by atoms with van der Waals surface area (Å²) in [6.07, 6.45) is 5.85. The molecular weight excluding hydrogens is 174 g/mol. The molecule has 1 aliphatic carbocycles. The van der Waals surface area contributed by atoms with Gasteiger partial charge >= 0.3 is 0 Å². The van der Waals surface area contributed by atoms with Crippen molar-refractivity contribution in [3.05, 3.63) is 0 Å². The minimum absolute atomic E-state index is 0.0936. The summed E-state index contributed by atoms with van der Waals surface area (Å²) in [6.45, 7) is 6.33. The number of aldehydes is 1. The molecule has 1 saturated carbocycles. The molecule has 0 saturated heterocycles. The van der Waals surface area contributed by atoms with Crippen molar-refractivity contribution >= 4 is 6.29 Å². The van der Waals surface area contributed by atoms with Gasteiger partial charge in [0.2, 0.25) is 0 Å². The normalized spacial score (nSPS) is 17.4. The molecule has 2 heteroatoms. The lowest BCUT2D eigenvalue weighted by atomic mass is 9.83. The molecule has 0 N–H and O–H groups in total. The summed E-state index contributed by atoms with van der Waals surface area (Å²) >= 11 is 0. The second-order valence-electron chi connectivity index (χ2n) is 4.83. The molecule has 1 rings (SSSR count). The van der Waals surface area contributed by atoms with Crippen LogP contribution < -0.4 is 0 Å². The van der Waals surface area contributed by atoms with Crippen LogP contribution >= 0.6 is 0 Å². The van der Waals surface area contributed by atoms with Crippen LogP contribution in [0.5, 0.6) is 0 Å². The van der Waals surface area contributed by atoms with Crippen molar-refractivity contribution in [2.75, 3.05) is 20.1 Å². The van der Waals surface area contributed by atoms with Crippen LogP contribution in [0, 0.1) is 11.3 Å². The molecule has 0 aromatic carbocycles. The van der Waals surface area contributed by atoms with Crippen LogP contribution in [-0.2, 0) is 4.79 Å². The minimum atomic E-state index is -0.0936. The Balaban J connectivity index is 2.39. The minimum Gasteiger partial charge on any atom is -0.305 e. The zero-order chi connectivity index (χ0) is 10.6. The third-order valence-corrected chi connectivity index (χ3v) is 3.51. The highest BCUT2D eigenvalue weighted by atomic mass is 16.1. The van der Waals surface area contributed by atoms with E-state index in [-0.39, 0.29) is 5.41 Å². The first-order chi connectivity index (χ1) is 6.65. The molecule has 0 aromatic rings. The van der Waals surface area contributed by atoms with Gasteiger partial charge in [0.25, 0.3) is 0 Å².